The van der Waals surface area contributed by atoms with Crippen LogP contribution in [-0.4, -0.2) is 16.0 Å². The van der Waals surface area contributed by atoms with Gasteiger partial charge in [-0.3, -0.25) is 4.79 Å². The zero-order valence-electron chi connectivity index (χ0n) is 13.3. The molecule has 7 heteroatoms. The van der Waals surface area contributed by atoms with Crippen molar-refractivity contribution < 1.29 is 13.7 Å². The molecule has 2 aromatic heterocycles. The summed E-state index contributed by atoms with van der Waals surface area (Å²) in [5.41, 5.74) is 1.49. The number of hydrogen-bond donors (Lipinski definition) is 1. The third-order valence-electron chi connectivity index (χ3n) is 3.68. The molecule has 2 aromatic carbocycles. The van der Waals surface area contributed by atoms with E-state index in [9.17, 15) is 9.18 Å². The van der Waals surface area contributed by atoms with E-state index in [1.165, 1.54) is 35.6 Å². The standard InChI is InChI=1S/C19H12FN3O2S/c20-13-9-7-12(8-10-13)18(24)21-15-5-2-1-4-14(15)19-22-17(23-25-19)16-6-3-11-26-16/h1-11H,(H,21,24). The Bertz CT molecular complexity index is 1040. The number of rotatable bonds is 4. The van der Waals surface area contributed by atoms with Crippen LogP contribution in [-0.2, 0) is 0 Å². The van der Waals surface area contributed by atoms with Crippen LogP contribution in [0.2, 0.25) is 0 Å². The van der Waals surface area contributed by atoms with Crippen LogP contribution in [0, 0.1) is 5.82 Å². The van der Waals surface area contributed by atoms with Gasteiger partial charge in [0.1, 0.15) is 5.82 Å². The molecular weight excluding hydrogens is 353 g/mol. The lowest BCUT2D eigenvalue weighted by molar-refractivity contribution is 0.102. The van der Waals surface area contributed by atoms with Crippen LogP contribution in [0.4, 0.5) is 10.1 Å². The molecule has 0 saturated carbocycles. The second kappa shape index (κ2) is 6.89. The molecule has 128 valence electrons. The highest BCUT2D eigenvalue weighted by atomic mass is 32.1. The molecule has 0 bridgehead atoms. The summed E-state index contributed by atoms with van der Waals surface area (Å²) >= 11 is 1.51. The second-order valence-corrected chi connectivity index (χ2v) is 6.35. The third-order valence-corrected chi connectivity index (χ3v) is 4.55. The van der Waals surface area contributed by atoms with Gasteiger partial charge < -0.3 is 9.84 Å². The molecule has 0 aliphatic heterocycles. The Labute approximate surface area is 152 Å². The van der Waals surface area contributed by atoms with Gasteiger partial charge in [-0.15, -0.1) is 11.3 Å². The Balaban J connectivity index is 1.63. The summed E-state index contributed by atoms with van der Waals surface area (Å²) in [6, 6.07) is 16.3. The second-order valence-electron chi connectivity index (χ2n) is 5.41. The maximum absolute atomic E-state index is 13.0. The third kappa shape index (κ3) is 3.25. The van der Waals surface area contributed by atoms with Gasteiger partial charge in [0.25, 0.3) is 11.8 Å². The van der Waals surface area contributed by atoms with Gasteiger partial charge in [-0.1, -0.05) is 23.4 Å². The smallest absolute Gasteiger partial charge is 0.260 e. The molecule has 0 aliphatic carbocycles. The van der Waals surface area contributed by atoms with Crippen molar-refractivity contribution in [3.05, 3.63) is 77.4 Å². The van der Waals surface area contributed by atoms with Gasteiger partial charge in [-0.25, -0.2) is 4.39 Å². The molecule has 26 heavy (non-hydrogen) atoms. The SMILES string of the molecule is O=C(Nc1ccccc1-c1nc(-c2cccs2)no1)c1ccc(F)cc1. The van der Waals surface area contributed by atoms with Crippen LogP contribution in [0.15, 0.2) is 70.6 Å². The van der Waals surface area contributed by atoms with E-state index < -0.39 is 5.82 Å². The van der Waals surface area contributed by atoms with E-state index in [4.69, 9.17) is 4.52 Å². The summed E-state index contributed by atoms with van der Waals surface area (Å²) in [5, 5.41) is 8.73. The van der Waals surface area contributed by atoms with Crippen molar-refractivity contribution in [2.45, 2.75) is 0 Å². The van der Waals surface area contributed by atoms with Gasteiger partial charge in [-0.2, -0.15) is 4.98 Å². The highest BCUT2D eigenvalue weighted by Gasteiger charge is 2.16. The molecule has 1 amide bonds. The lowest BCUT2D eigenvalue weighted by atomic mass is 10.1. The Morgan fingerprint density at radius 3 is 2.62 bits per heavy atom. The molecule has 0 aliphatic rings. The van der Waals surface area contributed by atoms with Gasteiger partial charge in [0.15, 0.2) is 0 Å². The number of carbonyl (C=O) groups excluding carboxylic acids is 1. The molecule has 5 nitrogen and oxygen atoms in total. The van der Waals surface area contributed by atoms with Gasteiger partial charge in [0.2, 0.25) is 5.82 Å². The Morgan fingerprint density at radius 2 is 1.85 bits per heavy atom. The Hall–Kier alpha value is -3.32. The average molecular weight is 365 g/mol. The highest BCUT2D eigenvalue weighted by molar-refractivity contribution is 7.13. The molecule has 0 atom stereocenters. The maximum Gasteiger partial charge on any atom is 0.260 e. The highest BCUT2D eigenvalue weighted by Crippen LogP contribution is 2.30. The lowest BCUT2D eigenvalue weighted by Gasteiger charge is -2.08. The first-order chi connectivity index (χ1) is 12.7. The average Bonchev–Trinajstić information content (AvgIpc) is 3.34. The van der Waals surface area contributed by atoms with E-state index >= 15 is 0 Å². The minimum Gasteiger partial charge on any atom is -0.334 e. The van der Waals surface area contributed by atoms with Crippen LogP contribution < -0.4 is 5.32 Å². The van der Waals surface area contributed by atoms with Gasteiger partial charge >= 0.3 is 0 Å². The summed E-state index contributed by atoms with van der Waals surface area (Å²) < 4.78 is 18.4. The van der Waals surface area contributed by atoms with Gasteiger partial charge in [0.05, 0.1) is 16.1 Å². The van der Waals surface area contributed by atoms with E-state index in [1.54, 1.807) is 18.2 Å². The zero-order valence-corrected chi connectivity index (χ0v) is 14.2. The number of benzene rings is 2. The Morgan fingerprint density at radius 1 is 1.04 bits per heavy atom. The van der Waals surface area contributed by atoms with Crippen molar-refractivity contribution in [1.82, 2.24) is 10.1 Å². The van der Waals surface area contributed by atoms with E-state index in [2.05, 4.69) is 15.5 Å². The first-order valence-electron chi connectivity index (χ1n) is 7.74. The van der Waals surface area contributed by atoms with Crippen LogP contribution >= 0.6 is 11.3 Å². The summed E-state index contributed by atoms with van der Waals surface area (Å²) in [6.45, 7) is 0. The van der Waals surface area contributed by atoms with Crippen molar-refractivity contribution in [3.63, 3.8) is 0 Å². The van der Waals surface area contributed by atoms with Crippen molar-refractivity contribution >= 4 is 22.9 Å². The number of hydrogen-bond acceptors (Lipinski definition) is 5. The molecule has 2 heterocycles. The van der Waals surface area contributed by atoms with Crippen LogP contribution in [0.5, 0.6) is 0 Å². The predicted molar refractivity (Wildman–Crippen MR) is 97.4 cm³/mol. The minimum atomic E-state index is -0.395. The fourth-order valence-electron chi connectivity index (χ4n) is 2.41. The Kier molecular flexibility index (Phi) is 4.28. The molecular formula is C19H12FN3O2S. The summed E-state index contributed by atoms with van der Waals surface area (Å²) in [7, 11) is 0. The van der Waals surface area contributed by atoms with E-state index in [0.29, 0.717) is 28.5 Å². The summed E-state index contributed by atoms with van der Waals surface area (Å²) in [4.78, 5) is 17.7. The fraction of sp³-hybridized carbons (Fsp3) is 0. The first-order valence-corrected chi connectivity index (χ1v) is 8.62. The number of halogens is 1. The number of thiophene rings is 1. The molecule has 0 fully saturated rings. The monoisotopic (exact) mass is 365 g/mol. The van der Waals surface area contributed by atoms with E-state index in [-0.39, 0.29) is 5.91 Å². The molecule has 0 saturated heterocycles. The van der Waals surface area contributed by atoms with Crippen LogP contribution in [0.1, 0.15) is 10.4 Å². The van der Waals surface area contributed by atoms with Gasteiger partial charge in [0, 0.05) is 5.56 Å². The molecule has 0 spiro atoms. The largest absolute Gasteiger partial charge is 0.334 e. The van der Waals surface area contributed by atoms with Crippen LogP contribution in [0.3, 0.4) is 0 Å². The molecule has 4 aromatic rings. The zero-order chi connectivity index (χ0) is 17.9. The van der Waals surface area contributed by atoms with Gasteiger partial charge in [-0.05, 0) is 47.8 Å². The van der Waals surface area contributed by atoms with Crippen molar-refractivity contribution in [3.8, 4) is 22.2 Å². The topological polar surface area (TPSA) is 68.0 Å². The quantitative estimate of drug-likeness (QED) is 0.561. The molecule has 0 unspecified atom stereocenters. The molecule has 4 rings (SSSR count). The fourth-order valence-corrected chi connectivity index (χ4v) is 3.06. The van der Waals surface area contributed by atoms with Crippen molar-refractivity contribution in [2.24, 2.45) is 0 Å². The number of nitrogens with zero attached hydrogens (tertiary/aromatic N) is 2. The predicted octanol–water partition coefficient (Wildman–Crippen LogP) is 4.86. The lowest BCUT2D eigenvalue weighted by Crippen LogP contribution is -2.12. The van der Waals surface area contributed by atoms with Crippen LogP contribution in [0.25, 0.3) is 22.2 Å². The number of para-hydroxylation sites is 1. The first kappa shape index (κ1) is 16.2. The van der Waals surface area contributed by atoms with E-state index in [0.717, 1.165) is 4.88 Å². The van der Waals surface area contributed by atoms with Crippen molar-refractivity contribution in [2.75, 3.05) is 5.32 Å². The molecule has 1 N–H and O–H groups in total. The minimum absolute atomic E-state index is 0.309. The maximum atomic E-state index is 13.0. The molecule has 0 radical (unpaired) electrons. The number of amides is 1. The normalized spacial score (nSPS) is 10.7. The number of carbonyl (C=O) groups is 1. The number of nitrogens with one attached hydrogen (secondary N) is 1. The van der Waals surface area contributed by atoms with Crippen molar-refractivity contribution in [1.29, 1.82) is 0 Å². The summed E-state index contributed by atoms with van der Waals surface area (Å²) in [5.74, 6) is 0.0578. The number of anilines is 1. The van der Waals surface area contributed by atoms with E-state index in [1.807, 2.05) is 23.6 Å². The summed E-state index contributed by atoms with van der Waals surface area (Å²) in [6.07, 6.45) is 0. The number of aromatic nitrogens is 2.